The first-order chi connectivity index (χ1) is 8.88. The molecule has 0 saturated heterocycles. The zero-order valence-electron chi connectivity index (χ0n) is 11.1. The van der Waals surface area contributed by atoms with E-state index in [4.69, 9.17) is 22.5 Å². The van der Waals surface area contributed by atoms with Crippen molar-refractivity contribution in [3.8, 4) is 0 Å². The molecule has 0 fully saturated rings. The van der Waals surface area contributed by atoms with Gasteiger partial charge in [-0.05, 0) is 40.9 Å². The molecule has 0 bridgehead atoms. The molecule has 1 aromatic carbocycles. The van der Waals surface area contributed by atoms with Gasteiger partial charge in [-0.2, -0.15) is 0 Å². The number of benzene rings is 1. The van der Waals surface area contributed by atoms with E-state index in [2.05, 4.69) is 26.4 Å². The van der Waals surface area contributed by atoms with E-state index in [0.717, 1.165) is 29.5 Å². The summed E-state index contributed by atoms with van der Waals surface area (Å²) in [7, 11) is 0. The summed E-state index contributed by atoms with van der Waals surface area (Å²) in [5, 5.41) is 15.8. The van der Waals surface area contributed by atoms with Gasteiger partial charge in [0.15, 0.2) is 0 Å². The monoisotopic (exact) mass is 347 g/mol. The summed E-state index contributed by atoms with van der Waals surface area (Å²) in [5.41, 5.74) is 6.31. The van der Waals surface area contributed by atoms with Crippen molar-refractivity contribution in [3.63, 3.8) is 0 Å². The van der Waals surface area contributed by atoms with Crippen molar-refractivity contribution in [1.29, 1.82) is 0 Å². The smallest absolute Gasteiger partial charge is 0.144 e. The first-order valence-electron chi connectivity index (χ1n) is 6.04. The van der Waals surface area contributed by atoms with E-state index in [1.807, 2.05) is 32.0 Å². The van der Waals surface area contributed by atoms with Crippen LogP contribution in [-0.2, 0) is 0 Å². The highest BCUT2D eigenvalue weighted by molar-refractivity contribution is 9.10. The van der Waals surface area contributed by atoms with Gasteiger partial charge in [-0.1, -0.05) is 36.7 Å². The fraction of sp³-hybridized carbons (Fsp3) is 0.462. The first kappa shape index (κ1) is 16.1. The van der Waals surface area contributed by atoms with E-state index in [-0.39, 0.29) is 11.3 Å². The Morgan fingerprint density at radius 3 is 2.84 bits per heavy atom. The topological polar surface area (TPSA) is 70.6 Å². The molecule has 4 N–H and O–H groups in total. The average molecular weight is 349 g/mol. The molecule has 0 atom stereocenters. The highest BCUT2D eigenvalue weighted by Gasteiger charge is 2.22. The van der Waals surface area contributed by atoms with Crippen LogP contribution in [0.15, 0.2) is 27.8 Å². The zero-order valence-corrected chi connectivity index (χ0v) is 13.4. The number of rotatable bonds is 6. The molecule has 0 heterocycles. The minimum Gasteiger partial charge on any atom is -0.409 e. The van der Waals surface area contributed by atoms with Gasteiger partial charge in [0.25, 0.3) is 0 Å². The molecule has 0 amide bonds. The number of nitrogens with zero attached hydrogens (tertiary/aromatic N) is 1. The highest BCUT2D eigenvalue weighted by Crippen LogP contribution is 2.30. The van der Waals surface area contributed by atoms with Gasteiger partial charge in [0.1, 0.15) is 5.84 Å². The Morgan fingerprint density at radius 2 is 2.21 bits per heavy atom. The summed E-state index contributed by atoms with van der Waals surface area (Å²) in [6, 6.07) is 5.69. The maximum Gasteiger partial charge on any atom is 0.144 e. The molecule has 0 saturated carbocycles. The van der Waals surface area contributed by atoms with Gasteiger partial charge in [0.05, 0.1) is 9.50 Å². The lowest BCUT2D eigenvalue weighted by Crippen LogP contribution is -2.32. The van der Waals surface area contributed by atoms with E-state index in [0.29, 0.717) is 5.02 Å². The largest absolute Gasteiger partial charge is 0.409 e. The van der Waals surface area contributed by atoms with Gasteiger partial charge in [-0.3, -0.25) is 0 Å². The number of amidine groups is 1. The van der Waals surface area contributed by atoms with Crippen LogP contribution in [0.3, 0.4) is 0 Å². The Hall–Kier alpha value is -0.940. The van der Waals surface area contributed by atoms with Crippen LogP contribution in [-0.4, -0.2) is 17.6 Å². The maximum absolute atomic E-state index is 8.70. The standard InChI is InChI=1S/C13H19BrClN3O/c1-13(2,12(16)18-19)7-4-8-17-10-6-3-5-9(15)11(10)14/h3,5-6,17,19H,4,7-8H2,1-2H3,(H2,16,18). The van der Waals surface area contributed by atoms with Crippen molar-refractivity contribution in [2.45, 2.75) is 26.7 Å². The van der Waals surface area contributed by atoms with Crippen LogP contribution >= 0.6 is 27.5 Å². The van der Waals surface area contributed by atoms with Crippen molar-refractivity contribution in [2.24, 2.45) is 16.3 Å². The van der Waals surface area contributed by atoms with Gasteiger partial charge >= 0.3 is 0 Å². The van der Waals surface area contributed by atoms with Crippen LogP contribution in [0.1, 0.15) is 26.7 Å². The van der Waals surface area contributed by atoms with Crippen molar-refractivity contribution < 1.29 is 5.21 Å². The molecule has 6 heteroatoms. The summed E-state index contributed by atoms with van der Waals surface area (Å²) in [6.45, 7) is 4.70. The van der Waals surface area contributed by atoms with E-state index < -0.39 is 0 Å². The quantitative estimate of drug-likeness (QED) is 0.239. The summed E-state index contributed by atoms with van der Waals surface area (Å²) in [4.78, 5) is 0. The minimum atomic E-state index is -0.304. The summed E-state index contributed by atoms with van der Waals surface area (Å²) >= 11 is 9.45. The fourth-order valence-corrected chi connectivity index (χ4v) is 2.24. The molecular formula is C13H19BrClN3O. The first-order valence-corrected chi connectivity index (χ1v) is 7.21. The van der Waals surface area contributed by atoms with E-state index in [1.165, 1.54) is 0 Å². The molecule has 0 spiro atoms. The Kier molecular flexibility index (Phi) is 5.94. The zero-order chi connectivity index (χ0) is 14.5. The molecule has 1 aromatic rings. The molecular weight excluding hydrogens is 330 g/mol. The molecule has 0 aromatic heterocycles. The van der Waals surface area contributed by atoms with Crippen molar-refractivity contribution in [3.05, 3.63) is 27.7 Å². The third-order valence-corrected chi connectivity index (χ3v) is 4.44. The van der Waals surface area contributed by atoms with E-state index in [9.17, 15) is 0 Å². The Balaban J connectivity index is 2.46. The third kappa shape index (κ3) is 4.58. The second-order valence-corrected chi connectivity index (χ2v) is 6.20. The lowest BCUT2D eigenvalue weighted by molar-refractivity contribution is 0.305. The molecule has 0 radical (unpaired) electrons. The number of anilines is 1. The van der Waals surface area contributed by atoms with Crippen LogP contribution in [0, 0.1) is 5.41 Å². The second-order valence-electron chi connectivity index (χ2n) is 5.00. The minimum absolute atomic E-state index is 0.261. The third-order valence-electron chi connectivity index (χ3n) is 3.05. The Morgan fingerprint density at radius 1 is 1.53 bits per heavy atom. The van der Waals surface area contributed by atoms with Crippen molar-refractivity contribution >= 4 is 39.1 Å². The molecule has 4 nitrogen and oxygen atoms in total. The summed E-state index contributed by atoms with van der Waals surface area (Å²) in [6.07, 6.45) is 1.73. The van der Waals surface area contributed by atoms with E-state index in [1.54, 1.807) is 0 Å². The molecule has 19 heavy (non-hydrogen) atoms. The van der Waals surface area contributed by atoms with Crippen LogP contribution in [0.4, 0.5) is 5.69 Å². The number of halogens is 2. The van der Waals surface area contributed by atoms with Gasteiger partial charge < -0.3 is 16.3 Å². The molecule has 1 rings (SSSR count). The lowest BCUT2D eigenvalue weighted by atomic mass is 9.86. The van der Waals surface area contributed by atoms with Gasteiger partial charge in [-0.25, -0.2) is 0 Å². The summed E-state index contributed by atoms with van der Waals surface area (Å²) in [5.74, 6) is 0.261. The predicted octanol–water partition coefficient (Wildman–Crippen LogP) is 4.07. The maximum atomic E-state index is 8.70. The van der Waals surface area contributed by atoms with Crippen molar-refractivity contribution in [1.82, 2.24) is 0 Å². The number of nitrogens with two attached hydrogens (primary N) is 1. The van der Waals surface area contributed by atoms with Gasteiger partial charge in [0.2, 0.25) is 0 Å². The molecule has 106 valence electrons. The Bertz CT molecular complexity index is 463. The van der Waals surface area contributed by atoms with Crippen LogP contribution < -0.4 is 11.1 Å². The van der Waals surface area contributed by atoms with Crippen LogP contribution in [0.25, 0.3) is 0 Å². The molecule has 0 aliphatic heterocycles. The molecule has 0 aliphatic carbocycles. The Labute approximate surface area is 127 Å². The highest BCUT2D eigenvalue weighted by atomic mass is 79.9. The molecule has 0 aliphatic rings. The van der Waals surface area contributed by atoms with Crippen LogP contribution in [0.2, 0.25) is 5.02 Å². The fourth-order valence-electron chi connectivity index (χ4n) is 1.66. The van der Waals surface area contributed by atoms with Crippen LogP contribution in [0.5, 0.6) is 0 Å². The SMILES string of the molecule is CC(C)(CCCNc1cccc(Cl)c1Br)/C(N)=N/O. The van der Waals surface area contributed by atoms with Gasteiger partial charge in [0, 0.05) is 17.6 Å². The lowest BCUT2D eigenvalue weighted by Gasteiger charge is -2.22. The van der Waals surface area contributed by atoms with Crippen molar-refractivity contribution in [2.75, 3.05) is 11.9 Å². The predicted molar refractivity (Wildman–Crippen MR) is 84.1 cm³/mol. The number of hydrogen-bond donors (Lipinski definition) is 3. The summed E-state index contributed by atoms with van der Waals surface area (Å²) < 4.78 is 0.868. The van der Waals surface area contributed by atoms with E-state index >= 15 is 0 Å². The number of hydrogen-bond acceptors (Lipinski definition) is 3. The normalized spacial score (nSPS) is 12.5. The average Bonchev–Trinajstić information content (AvgIpc) is 2.38. The van der Waals surface area contributed by atoms with Gasteiger partial charge in [-0.15, -0.1) is 0 Å². The molecule has 0 unspecified atom stereocenters. The number of nitrogens with one attached hydrogen (secondary N) is 1. The number of oxime groups is 1. The second kappa shape index (κ2) is 7.01.